The predicted octanol–water partition coefficient (Wildman–Crippen LogP) is 1.62. The molecule has 0 bridgehead atoms. The highest BCUT2D eigenvalue weighted by molar-refractivity contribution is 7.84. The van der Waals surface area contributed by atoms with Gasteiger partial charge in [-0.3, -0.25) is 9.00 Å². The fourth-order valence-electron chi connectivity index (χ4n) is 1.52. The lowest BCUT2D eigenvalue weighted by Gasteiger charge is -2.06. The molecule has 1 atom stereocenters. The van der Waals surface area contributed by atoms with Gasteiger partial charge in [0.2, 0.25) is 0 Å². The zero-order valence-electron chi connectivity index (χ0n) is 10.9. The van der Waals surface area contributed by atoms with E-state index in [0.717, 1.165) is 18.7 Å². The van der Waals surface area contributed by atoms with Gasteiger partial charge in [0.1, 0.15) is 0 Å². The van der Waals surface area contributed by atoms with Crippen LogP contribution in [0, 0.1) is 0 Å². The normalized spacial score (nSPS) is 11.9. The number of carbonyl (C=O) groups is 1. The summed E-state index contributed by atoms with van der Waals surface area (Å²) in [5.41, 5.74) is 1.66. The first-order chi connectivity index (χ1) is 8.63. The minimum absolute atomic E-state index is 0.0834. The SMILES string of the molecule is CCNc1ccc(C(=O)NCCCS(C)=O)cc1. The maximum atomic E-state index is 11.8. The van der Waals surface area contributed by atoms with E-state index in [9.17, 15) is 9.00 Å². The molecule has 1 amide bonds. The summed E-state index contributed by atoms with van der Waals surface area (Å²) in [6.07, 6.45) is 2.41. The molecular weight excluding hydrogens is 248 g/mol. The summed E-state index contributed by atoms with van der Waals surface area (Å²) in [6.45, 7) is 3.45. The van der Waals surface area contributed by atoms with Crippen molar-refractivity contribution in [1.29, 1.82) is 0 Å². The Morgan fingerprint density at radius 3 is 2.50 bits per heavy atom. The van der Waals surface area contributed by atoms with E-state index in [2.05, 4.69) is 10.6 Å². The van der Waals surface area contributed by atoms with Gasteiger partial charge in [-0.1, -0.05) is 0 Å². The highest BCUT2D eigenvalue weighted by Crippen LogP contribution is 2.08. The van der Waals surface area contributed by atoms with Gasteiger partial charge in [-0.05, 0) is 37.6 Å². The van der Waals surface area contributed by atoms with E-state index < -0.39 is 10.8 Å². The Morgan fingerprint density at radius 2 is 1.94 bits per heavy atom. The summed E-state index contributed by atoms with van der Waals surface area (Å²) in [6, 6.07) is 7.37. The average molecular weight is 268 g/mol. The molecule has 100 valence electrons. The number of carbonyl (C=O) groups excluding carboxylic acids is 1. The quantitative estimate of drug-likeness (QED) is 0.739. The Kier molecular flexibility index (Phi) is 6.43. The molecule has 1 rings (SSSR count). The Balaban J connectivity index is 2.39. The van der Waals surface area contributed by atoms with Crippen LogP contribution in [0.3, 0.4) is 0 Å². The van der Waals surface area contributed by atoms with Gasteiger partial charge in [0.15, 0.2) is 0 Å². The van der Waals surface area contributed by atoms with Gasteiger partial charge in [0, 0.05) is 47.1 Å². The van der Waals surface area contributed by atoms with Crippen LogP contribution in [-0.2, 0) is 10.8 Å². The van der Waals surface area contributed by atoms with Crippen LogP contribution in [0.15, 0.2) is 24.3 Å². The second-order valence-corrected chi connectivity index (χ2v) is 5.55. The van der Waals surface area contributed by atoms with Crippen LogP contribution >= 0.6 is 0 Å². The van der Waals surface area contributed by atoms with Gasteiger partial charge in [-0.2, -0.15) is 0 Å². The lowest BCUT2D eigenvalue weighted by atomic mass is 10.2. The van der Waals surface area contributed by atoms with Gasteiger partial charge < -0.3 is 10.6 Å². The Bertz CT molecular complexity index is 404. The van der Waals surface area contributed by atoms with E-state index >= 15 is 0 Å². The molecule has 18 heavy (non-hydrogen) atoms. The standard InChI is InChI=1S/C13H20N2O2S/c1-3-14-12-7-5-11(6-8-12)13(16)15-9-4-10-18(2)17/h5-8,14H,3-4,9-10H2,1-2H3,(H,15,16). The fraction of sp³-hybridized carbons (Fsp3) is 0.462. The van der Waals surface area contributed by atoms with Crippen molar-refractivity contribution in [2.45, 2.75) is 13.3 Å². The Morgan fingerprint density at radius 1 is 1.28 bits per heavy atom. The molecule has 4 nitrogen and oxygen atoms in total. The van der Waals surface area contributed by atoms with Gasteiger partial charge in [-0.25, -0.2) is 0 Å². The second kappa shape index (κ2) is 7.87. The summed E-state index contributed by atoms with van der Waals surface area (Å²) < 4.78 is 10.8. The molecule has 0 aliphatic rings. The van der Waals surface area contributed by atoms with Crippen LogP contribution in [0.25, 0.3) is 0 Å². The number of rotatable bonds is 7. The maximum Gasteiger partial charge on any atom is 0.251 e. The van der Waals surface area contributed by atoms with Crippen molar-refractivity contribution < 1.29 is 9.00 Å². The Hall–Kier alpha value is -1.36. The summed E-state index contributed by atoms with van der Waals surface area (Å²) >= 11 is 0. The molecule has 1 aromatic carbocycles. The minimum Gasteiger partial charge on any atom is -0.385 e. The highest BCUT2D eigenvalue weighted by Gasteiger charge is 2.04. The molecule has 0 saturated heterocycles. The monoisotopic (exact) mass is 268 g/mol. The van der Waals surface area contributed by atoms with Crippen molar-refractivity contribution in [3.05, 3.63) is 29.8 Å². The first kappa shape index (κ1) is 14.7. The number of hydrogen-bond donors (Lipinski definition) is 2. The summed E-state index contributed by atoms with van der Waals surface area (Å²) in [5, 5.41) is 5.98. The van der Waals surface area contributed by atoms with E-state index in [4.69, 9.17) is 0 Å². The van der Waals surface area contributed by atoms with Crippen molar-refractivity contribution >= 4 is 22.4 Å². The third-order valence-corrected chi connectivity index (χ3v) is 3.29. The van der Waals surface area contributed by atoms with Crippen LogP contribution in [0.2, 0.25) is 0 Å². The smallest absolute Gasteiger partial charge is 0.251 e. The molecule has 2 N–H and O–H groups in total. The van der Waals surface area contributed by atoms with E-state index in [1.165, 1.54) is 0 Å². The molecule has 0 heterocycles. The summed E-state index contributed by atoms with van der Waals surface area (Å²) in [4.78, 5) is 11.8. The summed E-state index contributed by atoms with van der Waals surface area (Å²) in [7, 11) is -0.790. The van der Waals surface area contributed by atoms with E-state index in [1.807, 2.05) is 19.1 Å². The molecule has 1 aromatic rings. The van der Waals surface area contributed by atoms with Crippen molar-refractivity contribution in [2.75, 3.05) is 30.4 Å². The van der Waals surface area contributed by atoms with Crippen LogP contribution in [0.4, 0.5) is 5.69 Å². The number of nitrogens with one attached hydrogen (secondary N) is 2. The van der Waals surface area contributed by atoms with Crippen LogP contribution < -0.4 is 10.6 Å². The molecule has 0 radical (unpaired) electrons. The highest BCUT2D eigenvalue weighted by atomic mass is 32.2. The van der Waals surface area contributed by atoms with Crippen molar-refractivity contribution in [2.24, 2.45) is 0 Å². The van der Waals surface area contributed by atoms with Crippen molar-refractivity contribution in [3.63, 3.8) is 0 Å². The number of anilines is 1. The van der Waals surface area contributed by atoms with Crippen LogP contribution in [0.1, 0.15) is 23.7 Å². The number of hydrogen-bond acceptors (Lipinski definition) is 3. The number of amides is 1. The third kappa shape index (κ3) is 5.31. The van der Waals surface area contributed by atoms with Gasteiger partial charge >= 0.3 is 0 Å². The van der Waals surface area contributed by atoms with E-state index in [0.29, 0.717) is 17.9 Å². The lowest BCUT2D eigenvalue weighted by molar-refractivity contribution is 0.0954. The van der Waals surface area contributed by atoms with Crippen LogP contribution in [-0.4, -0.2) is 35.2 Å². The largest absolute Gasteiger partial charge is 0.385 e. The molecule has 5 heteroatoms. The molecular formula is C13H20N2O2S. The molecule has 0 aliphatic heterocycles. The second-order valence-electron chi connectivity index (χ2n) is 3.99. The van der Waals surface area contributed by atoms with E-state index in [1.54, 1.807) is 18.4 Å². The molecule has 0 aromatic heterocycles. The first-order valence-electron chi connectivity index (χ1n) is 6.05. The van der Waals surface area contributed by atoms with Gasteiger partial charge in [-0.15, -0.1) is 0 Å². The van der Waals surface area contributed by atoms with Crippen molar-refractivity contribution in [1.82, 2.24) is 5.32 Å². The molecule has 0 fully saturated rings. The molecule has 0 aliphatic carbocycles. The predicted molar refractivity (Wildman–Crippen MR) is 76.5 cm³/mol. The average Bonchev–Trinajstić information content (AvgIpc) is 2.35. The number of benzene rings is 1. The van der Waals surface area contributed by atoms with Gasteiger partial charge in [0.25, 0.3) is 5.91 Å². The van der Waals surface area contributed by atoms with Gasteiger partial charge in [0.05, 0.1) is 0 Å². The molecule has 0 saturated carbocycles. The molecule has 1 unspecified atom stereocenters. The van der Waals surface area contributed by atoms with Crippen LogP contribution in [0.5, 0.6) is 0 Å². The third-order valence-electron chi connectivity index (χ3n) is 2.42. The zero-order valence-corrected chi connectivity index (χ0v) is 11.7. The van der Waals surface area contributed by atoms with E-state index in [-0.39, 0.29) is 5.91 Å². The minimum atomic E-state index is -0.790. The maximum absolute atomic E-state index is 11.8. The van der Waals surface area contributed by atoms with Crippen molar-refractivity contribution in [3.8, 4) is 0 Å². The topological polar surface area (TPSA) is 58.2 Å². The fourth-order valence-corrected chi connectivity index (χ4v) is 2.07. The first-order valence-corrected chi connectivity index (χ1v) is 7.78. The lowest BCUT2D eigenvalue weighted by Crippen LogP contribution is -2.25. The molecule has 0 spiro atoms. The summed E-state index contributed by atoms with van der Waals surface area (Å²) in [5.74, 6) is 0.541. The Labute approximate surface area is 111 Å². The zero-order chi connectivity index (χ0) is 13.4.